The normalized spacial score (nSPS) is 6.91. The Hall–Kier alpha value is 1.68. The van der Waals surface area contributed by atoms with Gasteiger partial charge >= 0.3 is 11.9 Å². The van der Waals surface area contributed by atoms with Gasteiger partial charge in [-0.1, -0.05) is 0 Å². The number of hydrogen-bond acceptors (Lipinski definition) is 2. The van der Waals surface area contributed by atoms with Crippen molar-refractivity contribution in [2.45, 2.75) is 0 Å². The fourth-order valence-corrected chi connectivity index (χ4v) is 0.143. The molecule has 11 heavy (non-hydrogen) atoms. The Morgan fingerprint density at radius 1 is 0.818 bits per heavy atom. The maximum Gasteiger partial charge on any atom is 0.328 e. The molecule has 0 bridgehead atoms. The van der Waals surface area contributed by atoms with Gasteiger partial charge in [0, 0.05) is 101 Å². The number of carboxylic acid groups (broad SMARTS) is 2. The molecule has 0 atom stereocenters. The smallest absolute Gasteiger partial charge is 0.328 e. The standard InChI is InChI=1S/C4H4O4.3Na/c5-3(6)1-2-4(7)8;;;/h1-2H,(H,5,6)(H,7,8);;;/b2-1-;;;. The van der Waals surface area contributed by atoms with Gasteiger partial charge in [-0.25, -0.2) is 9.59 Å². The molecule has 0 aliphatic rings. The van der Waals surface area contributed by atoms with E-state index < -0.39 is 11.9 Å². The third kappa shape index (κ3) is 24.5. The first-order chi connectivity index (χ1) is 3.63. The van der Waals surface area contributed by atoms with Crippen LogP contribution < -0.4 is 0 Å². The Morgan fingerprint density at radius 3 is 1.09 bits per heavy atom. The number of rotatable bonds is 2. The van der Waals surface area contributed by atoms with E-state index in [1.54, 1.807) is 0 Å². The van der Waals surface area contributed by atoms with Gasteiger partial charge in [0.25, 0.3) is 0 Å². The summed E-state index contributed by atoms with van der Waals surface area (Å²) in [6.45, 7) is 0. The van der Waals surface area contributed by atoms with E-state index in [0.29, 0.717) is 12.2 Å². The average molecular weight is 185 g/mol. The minimum atomic E-state index is -1.26. The van der Waals surface area contributed by atoms with Crippen molar-refractivity contribution in [2.24, 2.45) is 0 Å². The molecule has 0 aromatic heterocycles. The Kier molecular flexibility index (Phi) is 29.7. The van der Waals surface area contributed by atoms with Crippen LogP contribution in [0, 0.1) is 0 Å². The van der Waals surface area contributed by atoms with Crippen molar-refractivity contribution in [3.05, 3.63) is 12.2 Å². The number of aliphatic carboxylic acids is 2. The van der Waals surface area contributed by atoms with Crippen molar-refractivity contribution >= 4 is 101 Å². The molecule has 47 valence electrons. The fourth-order valence-electron chi connectivity index (χ4n) is 0.143. The van der Waals surface area contributed by atoms with Crippen LogP contribution in [0.1, 0.15) is 0 Å². The predicted octanol–water partition coefficient (Wildman–Crippen LogP) is -1.43. The van der Waals surface area contributed by atoms with Gasteiger partial charge in [-0.3, -0.25) is 0 Å². The molecular formula is C4H4Na3O4. The second-order valence-corrected chi connectivity index (χ2v) is 1.01. The van der Waals surface area contributed by atoms with Crippen LogP contribution >= 0.6 is 0 Å². The molecule has 2 N–H and O–H groups in total. The van der Waals surface area contributed by atoms with E-state index in [1.165, 1.54) is 0 Å². The van der Waals surface area contributed by atoms with E-state index in [9.17, 15) is 9.59 Å². The summed E-state index contributed by atoms with van der Waals surface area (Å²) in [7, 11) is 0. The molecule has 0 rings (SSSR count). The molecule has 0 aromatic rings. The Balaban J connectivity index is -0.0000000817. The molecular weight excluding hydrogens is 181 g/mol. The van der Waals surface area contributed by atoms with Crippen LogP contribution in [0.15, 0.2) is 12.2 Å². The first-order valence-electron chi connectivity index (χ1n) is 1.77. The molecule has 0 aliphatic carbocycles. The zero-order chi connectivity index (χ0) is 6.57. The summed E-state index contributed by atoms with van der Waals surface area (Å²) in [6.07, 6.45) is 1.12. The molecule has 0 aliphatic heterocycles. The van der Waals surface area contributed by atoms with Crippen LogP contribution in [-0.2, 0) is 9.59 Å². The van der Waals surface area contributed by atoms with E-state index in [2.05, 4.69) is 0 Å². The molecule has 0 unspecified atom stereocenters. The Morgan fingerprint density at radius 2 is 1.00 bits per heavy atom. The van der Waals surface area contributed by atoms with Crippen molar-refractivity contribution in [1.29, 1.82) is 0 Å². The summed E-state index contributed by atoms with van der Waals surface area (Å²) in [5, 5.41) is 15.6. The average Bonchev–Trinajstić information content (AvgIpc) is 1.61. The van der Waals surface area contributed by atoms with Crippen LogP contribution in [0.4, 0.5) is 0 Å². The zero-order valence-corrected chi connectivity index (χ0v) is 12.9. The monoisotopic (exact) mass is 185 g/mol. The van der Waals surface area contributed by atoms with E-state index in [0.717, 1.165) is 0 Å². The number of carboxylic acids is 2. The van der Waals surface area contributed by atoms with Gasteiger partial charge in [0.05, 0.1) is 0 Å². The first kappa shape index (κ1) is 23.0. The maximum atomic E-state index is 9.55. The quantitative estimate of drug-likeness (QED) is 0.408. The molecule has 4 nitrogen and oxygen atoms in total. The van der Waals surface area contributed by atoms with Gasteiger partial charge in [0.15, 0.2) is 0 Å². The molecule has 0 saturated carbocycles. The number of carbonyl (C=O) groups is 2. The van der Waals surface area contributed by atoms with E-state index >= 15 is 0 Å². The SMILES string of the molecule is O=C(O)/C=C\C(=O)O.[Na].[Na].[Na]. The third-order valence-corrected chi connectivity index (χ3v) is 0.368. The molecule has 0 saturated heterocycles. The Bertz CT molecular complexity index is 128. The third-order valence-electron chi connectivity index (χ3n) is 0.368. The van der Waals surface area contributed by atoms with Crippen molar-refractivity contribution < 1.29 is 19.8 Å². The van der Waals surface area contributed by atoms with Crippen LogP contribution in [-0.4, -0.2) is 111 Å². The second-order valence-electron chi connectivity index (χ2n) is 1.01. The van der Waals surface area contributed by atoms with Gasteiger partial charge in [-0.2, -0.15) is 0 Å². The summed E-state index contributed by atoms with van der Waals surface area (Å²) in [4.78, 5) is 19.1. The summed E-state index contributed by atoms with van der Waals surface area (Å²) in [6, 6.07) is 0. The summed E-state index contributed by atoms with van der Waals surface area (Å²) < 4.78 is 0. The van der Waals surface area contributed by atoms with Crippen molar-refractivity contribution in [2.75, 3.05) is 0 Å². The van der Waals surface area contributed by atoms with Crippen molar-refractivity contribution in [3.63, 3.8) is 0 Å². The minimum Gasteiger partial charge on any atom is -0.478 e. The summed E-state index contributed by atoms with van der Waals surface area (Å²) in [5.74, 6) is -2.51. The molecule has 0 fully saturated rings. The van der Waals surface area contributed by atoms with Crippen LogP contribution in [0.3, 0.4) is 0 Å². The summed E-state index contributed by atoms with van der Waals surface area (Å²) in [5.41, 5.74) is 0. The van der Waals surface area contributed by atoms with Crippen LogP contribution in [0.5, 0.6) is 0 Å². The molecule has 0 spiro atoms. The van der Waals surface area contributed by atoms with E-state index in [1.807, 2.05) is 0 Å². The molecule has 7 heteroatoms. The Labute approximate surface area is 130 Å². The van der Waals surface area contributed by atoms with Gasteiger partial charge in [-0.05, 0) is 0 Å². The van der Waals surface area contributed by atoms with Gasteiger partial charge in [0.1, 0.15) is 0 Å². The maximum absolute atomic E-state index is 9.55. The van der Waals surface area contributed by atoms with Crippen molar-refractivity contribution in [1.82, 2.24) is 0 Å². The minimum absolute atomic E-state index is 0. The first-order valence-corrected chi connectivity index (χ1v) is 1.77. The molecule has 0 heterocycles. The van der Waals surface area contributed by atoms with Crippen LogP contribution in [0.25, 0.3) is 0 Å². The zero-order valence-electron chi connectivity index (χ0n) is 6.87. The van der Waals surface area contributed by atoms with E-state index in [-0.39, 0.29) is 88.7 Å². The molecule has 0 amide bonds. The van der Waals surface area contributed by atoms with Crippen LogP contribution in [0.2, 0.25) is 0 Å². The largest absolute Gasteiger partial charge is 0.478 e. The van der Waals surface area contributed by atoms with Gasteiger partial charge < -0.3 is 10.2 Å². The topological polar surface area (TPSA) is 74.6 Å². The van der Waals surface area contributed by atoms with E-state index in [4.69, 9.17) is 10.2 Å². The second kappa shape index (κ2) is 14.2. The fraction of sp³-hybridized carbons (Fsp3) is 0. The number of hydrogen-bond donors (Lipinski definition) is 2. The predicted molar refractivity (Wildman–Crippen MR) is 41.7 cm³/mol. The van der Waals surface area contributed by atoms with Gasteiger partial charge in [0.2, 0.25) is 0 Å². The molecule has 3 radical (unpaired) electrons. The van der Waals surface area contributed by atoms with Crippen molar-refractivity contribution in [3.8, 4) is 0 Å². The molecule has 0 aromatic carbocycles. The van der Waals surface area contributed by atoms with Gasteiger partial charge in [-0.15, -0.1) is 0 Å². The summed E-state index contributed by atoms with van der Waals surface area (Å²) >= 11 is 0.